The highest BCUT2D eigenvalue weighted by molar-refractivity contribution is 5.71. The van der Waals surface area contributed by atoms with Crippen molar-refractivity contribution in [2.45, 2.75) is 20.8 Å². The predicted octanol–water partition coefficient (Wildman–Crippen LogP) is 2.03. The first-order chi connectivity index (χ1) is 8.47. The second-order valence-corrected chi connectivity index (χ2v) is 4.53. The number of hydrogen-bond acceptors (Lipinski definition) is 4. The fourth-order valence-electron chi connectivity index (χ4n) is 1.65. The van der Waals surface area contributed by atoms with Gasteiger partial charge in [-0.2, -0.15) is 5.26 Å². The summed E-state index contributed by atoms with van der Waals surface area (Å²) in [5, 5.41) is 21.1. The van der Waals surface area contributed by atoms with Gasteiger partial charge < -0.3 is 10.4 Å². The van der Waals surface area contributed by atoms with Crippen LogP contribution in [0.15, 0.2) is 12.3 Å². The van der Waals surface area contributed by atoms with Crippen LogP contribution in [0.3, 0.4) is 0 Å². The maximum Gasteiger partial charge on any atom is 0.308 e. The summed E-state index contributed by atoms with van der Waals surface area (Å²) in [6.45, 7) is 5.80. The van der Waals surface area contributed by atoms with Gasteiger partial charge in [0.15, 0.2) is 0 Å². The number of carboxylic acid groups (broad SMARTS) is 1. The largest absolute Gasteiger partial charge is 0.481 e. The molecule has 1 aromatic rings. The number of nitrogens with zero attached hydrogens (tertiary/aromatic N) is 2. The quantitative estimate of drug-likeness (QED) is 0.831. The molecule has 1 rings (SSSR count). The topological polar surface area (TPSA) is 86.0 Å². The number of carboxylic acids is 1. The summed E-state index contributed by atoms with van der Waals surface area (Å²) in [6, 6.07) is 3.82. The van der Waals surface area contributed by atoms with Gasteiger partial charge in [-0.05, 0) is 24.5 Å². The lowest BCUT2D eigenvalue weighted by Crippen LogP contribution is -2.28. The molecule has 1 aromatic heterocycles. The third kappa shape index (κ3) is 3.20. The first-order valence-electron chi connectivity index (χ1n) is 5.79. The van der Waals surface area contributed by atoms with E-state index in [-0.39, 0.29) is 12.5 Å². The molecule has 0 spiro atoms. The molecule has 5 heteroatoms. The van der Waals surface area contributed by atoms with Gasteiger partial charge in [0.05, 0.1) is 11.5 Å². The molecule has 0 fully saturated rings. The third-order valence-electron chi connectivity index (χ3n) is 2.88. The van der Waals surface area contributed by atoms with Crippen LogP contribution in [0, 0.1) is 30.1 Å². The van der Waals surface area contributed by atoms with E-state index in [9.17, 15) is 4.79 Å². The zero-order valence-electron chi connectivity index (χ0n) is 10.8. The van der Waals surface area contributed by atoms with E-state index in [4.69, 9.17) is 10.4 Å². The molecule has 0 radical (unpaired) electrons. The Kier molecular flexibility index (Phi) is 4.67. The summed E-state index contributed by atoms with van der Waals surface area (Å²) in [5.41, 5.74) is 1.29. The van der Waals surface area contributed by atoms with Crippen molar-refractivity contribution in [2.75, 3.05) is 11.9 Å². The Morgan fingerprint density at radius 1 is 1.61 bits per heavy atom. The first-order valence-corrected chi connectivity index (χ1v) is 5.79. The monoisotopic (exact) mass is 247 g/mol. The van der Waals surface area contributed by atoms with Gasteiger partial charge in [-0.25, -0.2) is 4.98 Å². The van der Waals surface area contributed by atoms with E-state index < -0.39 is 11.9 Å². The zero-order valence-corrected chi connectivity index (χ0v) is 10.8. The average molecular weight is 247 g/mol. The van der Waals surface area contributed by atoms with Crippen molar-refractivity contribution in [3.8, 4) is 6.07 Å². The van der Waals surface area contributed by atoms with Crippen LogP contribution in [0.25, 0.3) is 0 Å². The van der Waals surface area contributed by atoms with Crippen LogP contribution in [0.5, 0.6) is 0 Å². The van der Waals surface area contributed by atoms with E-state index >= 15 is 0 Å². The van der Waals surface area contributed by atoms with Crippen LogP contribution in [0.4, 0.5) is 5.82 Å². The molecule has 1 unspecified atom stereocenters. The predicted molar refractivity (Wildman–Crippen MR) is 68.1 cm³/mol. The summed E-state index contributed by atoms with van der Waals surface area (Å²) in [7, 11) is 0. The Hall–Kier alpha value is -2.09. The summed E-state index contributed by atoms with van der Waals surface area (Å²) in [4.78, 5) is 15.1. The van der Waals surface area contributed by atoms with Gasteiger partial charge >= 0.3 is 5.97 Å². The number of nitriles is 1. The van der Waals surface area contributed by atoms with Gasteiger partial charge in [0.1, 0.15) is 11.9 Å². The molecule has 0 aliphatic carbocycles. The molecule has 0 aromatic carbocycles. The van der Waals surface area contributed by atoms with E-state index in [1.165, 1.54) is 0 Å². The minimum Gasteiger partial charge on any atom is -0.481 e. The second-order valence-electron chi connectivity index (χ2n) is 4.53. The molecule has 0 amide bonds. The first kappa shape index (κ1) is 14.0. The molecule has 0 saturated heterocycles. The lowest BCUT2D eigenvalue weighted by molar-refractivity contribution is -0.142. The van der Waals surface area contributed by atoms with Gasteiger partial charge in [-0.1, -0.05) is 13.8 Å². The molecule has 18 heavy (non-hydrogen) atoms. The number of aryl methyl sites for hydroxylation is 1. The maximum absolute atomic E-state index is 11.1. The minimum absolute atomic E-state index is 0.0188. The standard InChI is InChI=1S/C13H17N3O2/c1-8(2)11(13(17)18)7-16-12-10(6-14)9(3)4-5-15-12/h4-5,8,11H,7H2,1-3H3,(H,15,16)(H,17,18). The normalized spacial score (nSPS) is 11.9. The average Bonchev–Trinajstić information content (AvgIpc) is 2.28. The molecule has 0 aliphatic rings. The van der Waals surface area contributed by atoms with Crippen molar-refractivity contribution in [3.63, 3.8) is 0 Å². The Morgan fingerprint density at radius 3 is 2.78 bits per heavy atom. The molecule has 0 bridgehead atoms. The van der Waals surface area contributed by atoms with E-state index in [1.807, 2.05) is 20.8 Å². The fourth-order valence-corrected chi connectivity index (χ4v) is 1.65. The number of aromatic nitrogens is 1. The molecule has 1 atom stereocenters. The van der Waals surface area contributed by atoms with Crippen molar-refractivity contribution in [1.29, 1.82) is 5.26 Å². The molecule has 0 saturated carbocycles. The summed E-state index contributed by atoms with van der Waals surface area (Å²) < 4.78 is 0. The molecular weight excluding hydrogens is 230 g/mol. The lowest BCUT2D eigenvalue weighted by atomic mass is 9.96. The molecule has 96 valence electrons. The van der Waals surface area contributed by atoms with Crippen molar-refractivity contribution < 1.29 is 9.90 Å². The highest BCUT2D eigenvalue weighted by atomic mass is 16.4. The highest BCUT2D eigenvalue weighted by Crippen LogP contribution is 2.17. The Balaban J connectivity index is 2.84. The van der Waals surface area contributed by atoms with Crippen LogP contribution in [0.2, 0.25) is 0 Å². The third-order valence-corrected chi connectivity index (χ3v) is 2.88. The SMILES string of the molecule is Cc1ccnc(NCC(C(=O)O)C(C)C)c1C#N. The number of hydrogen-bond donors (Lipinski definition) is 2. The maximum atomic E-state index is 11.1. The fraction of sp³-hybridized carbons (Fsp3) is 0.462. The molecule has 2 N–H and O–H groups in total. The minimum atomic E-state index is -0.844. The van der Waals surface area contributed by atoms with E-state index in [1.54, 1.807) is 12.3 Å². The number of aliphatic carboxylic acids is 1. The van der Waals surface area contributed by atoms with Gasteiger partial charge in [-0.3, -0.25) is 4.79 Å². The van der Waals surface area contributed by atoms with E-state index in [0.29, 0.717) is 11.4 Å². The second kappa shape index (κ2) is 6.01. The smallest absolute Gasteiger partial charge is 0.308 e. The lowest BCUT2D eigenvalue weighted by Gasteiger charge is -2.17. The van der Waals surface area contributed by atoms with Crippen LogP contribution < -0.4 is 5.32 Å². The molecule has 5 nitrogen and oxygen atoms in total. The number of carbonyl (C=O) groups is 1. The number of anilines is 1. The number of nitrogens with one attached hydrogen (secondary N) is 1. The Labute approximate surface area is 106 Å². The summed E-state index contributed by atoms with van der Waals surface area (Å²) >= 11 is 0. The number of pyridine rings is 1. The van der Waals surface area contributed by atoms with Gasteiger partial charge in [0.2, 0.25) is 0 Å². The Bertz CT molecular complexity index is 478. The van der Waals surface area contributed by atoms with Crippen molar-refractivity contribution in [3.05, 3.63) is 23.4 Å². The highest BCUT2D eigenvalue weighted by Gasteiger charge is 2.21. The summed E-state index contributed by atoms with van der Waals surface area (Å²) in [5.74, 6) is -0.878. The summed E-state index contributed by atoms with van der Waals surface area (Å²) in [6.07, 6.45) is 1.60. The van der Waals surface area contributed by atoms with E-state index in [0.717, 1.165) is 5.56 Å². The van der Waals surface area contributed by atoms with Crippen LogP contribution >= 0.6 is 0 Å². The molecule has 0 aliphatic heterocycles. The van der Waals surface area contributed by atoms with Gasteiger partial charge in [-0.15, -0.1) is 0 Å². The van der Waals surface area contributed by atoms with Crippen LogP contribution in [-0.2, 0) is 4.79 Å². The van der Waals surface area contributed by atoms with Gasteiger partial charge in [0, 0.05) is 12.7 Å². The molecular formula is C13H17N3O2. The van der Waals surface area contributed by atoms with Crippen molar-refractivity contribution in [1.82, 2.24) is 4.98 Å². The number of rotatable bonds is 5. The van der Waals surface area contributed by atoms with Crippen LogP contribution in [-0.4, -0.2) is 22.6 Å². The van der Waals surface area contributed by atoms with Crippen molar-refractivity contribution in [2.24, 2.45) is 11.8 Å². The van der Waals surface area contributed by atoms with Crippen molar-refractivity contribution >= 4 is 11.8 Å². The van der Waals surface area contributed by atoms with Crippen LogP contribution in [0.1, 0.15) is 25.0 Å². The zero-order chi connectivity index (χ0) is 13.7. The van der Waals surface area contributed by atoms with Gasteiger partial charge in [0.25, 0.3) is 0 Å². The molecule has 1 heterocycles. The van der Waals surface area contributed by atoms with E-state index in [2.05, 4.69) is 16.4 Å². The Morgan fingerprint density at radius 2 is 2.28 bits per heavy atom.